The second-order valence-electron chi connectivity index (χ2n) is 10.8. The van der Waals surface area contributed by atoms with Crippen molar-refractivity contribution in [2.24, 2.45) is 0 Å². The van der Waals surface area contributed by atoms with Crippen molar-refractivity contribution in [3.8, 4) is 16.8 Å². The summed E-state index contributed by atoms with van der Waals surface area (Å²) in [5, 5.41) is 21.1. The highest BCUT2D eigenvalue weighted by Crippen LogP contribution is 2.30. The highest BCUT2D eigenvalue weighted by atomic mass is 16.3. The molecule has 1 aliphatic rings. The molecule has 0 aliphatic carbocycles. The van der Waals surface area contributed by atoms with Crippen molar-refractivity contribution in [3.63, 3.8) is 0 Å². The number of likely N-dealkylation sites (tertiary alicyclic amines) is 1. The van der Waals surface area contributed by atoms with Crippen LogP contribution < -0.4 is 16.6 Å². The summed E-state index contributed by atoms with van der Waals surface area (Å²) >= 11 is 0. The third-order valence-electron chi connectivity index (χ3n) is 7.96. The lowest BCUT2D eigenvalue weighted by Crippen LogP contribution is -2.51. The van der Waals surface area contributed by atoms with Gasteiger partial charge in [-0.15, -0.1) is 5.10 Å². The monoisotopic (exact) mass is 604 g/mol. The second-order valence-corrected chi connectivity index (χ2v) is 10.8. The molecule has 0 radical (unpaired) electrons. The quantitative estimate of drug-likeness (QED) is 0.245. The number of fused-ring (bicyclic) bond motifs is 2. The van der Waals surface area contributed by atoms with Gasteiger partial charge in [-0.25, -0.2) is 14.5 Å². The van der Waals surface area contributed by atoms with Crippen LogP contribution in [0.1, 0.15) is 35.2 Å². The number of nitrogens with zero attached hydrogens (tertiary/aromatic N) is 8. The molecule has 4 N–H and O–H groups in total. The number of benzene rings is 2. The van der Waals surface area contributed by atoms with Crippen LogP contribution in [0, 0.1) is 0 Å². The fourth-order valence-electron chi connectivity index (χ4n) is 5.66. The van der Waals surface area contributed by atoms with E-state index in [0.717, 1.165) is 5.56 Å². The number of hydrogen-bond donors (Lipinski definition) is 3. The number of nitrogens with one attached hydrogen (secondary N) is 1. The van der Waals surface area contributed by atoms with Gasteiger partial charge in [0, 0.05) is 37.2 Å². The molecule has 1 aliphatic heterocycles. The molecule has 45 heavy (non-hydrogen) atoms. The lowest BCUT2D eigenvalue weighted by molar-refractivity contribution is -0.140. The molecule has 7 rings (SSSR count). The number of carbonyl (C=O) groups is 2. The summed E-state index contributed by atoms with van der Waals surface area (Å²) in [5.74, 6) is -0.463. The van der Waals surface area contributed by atoms with Crippen LogP contribution in [0.2, 0.25) is 0 Å². The van der Waals surface area contributed by atoms with E-state index >= 15 is 0 Å². The maximum Gasteiger partial charge on any atom is 0.266 e. The van der Waals surface area contributed by atoms with E-state index in [1.54, 1.807) is 59.4 Å². The minimum absolute atomic E-state index is 0.0308. The number of anilines is 1. The zero-order valence-corrected chi connectivity index (χ0v) is 24.1. The minimum Gasteiger partial charge on any atom is -0.387 e. The fourth-order valence-corrected chi connectivity index (χ4v) is 5.66. The first-order chi connectivity index (χ1) is 21.8. The van der Waals surface area contributed by atoms with Gasteiger partial charge in [-0.1, -0.05) is 30.3 Å². The summed E-state index contributed by atoms with van der Waals surface area (Å²) in [6.07, 6.45) is 6.73. The van der Waals surface area contributed by atoms with Crippen molar-refractivity contribution in [1.82, 2.24) is 44.1 Å². The number of hydrogen-bond acceptors (Lipinski definition) is 9. The normalized spacial score (nSPS) is 14.0. The SMILES string of the molecule is C[C@@H](NC(=O)c1c(N)nn2cccnc12)c1nc2cccc(-c3cnn(C4CN(C(=O)CO)C4)c3)c2c(=O)n1-c1ccccc1. The molecular formula is C31H28N10O4. The van der Waals surface area contributed by atoms with Crippen LogP contribution in [0.3, 0.4) is 0 Å². The number of para-hydroxylation sites is 1. The van der Waals surface area contributed by atoms with E-state index in [1.807, 2.05) is 36.5 Å². The first-order valence-electron chi connectivity index (χ1n) is 14.3. The molecule has 4 aromatic heterocycles. The van der Waals surface area contributed by atoms with Gasteiger partial charge in [0.1, 0.15) is 18.0 Å². The van der Waals surface area contributed by atoms with E-state index in [2.05, 4.69) is 20.5 Å². The van der Waals surface area contributed by atoms with Crippen LogP contribution in [-0.2, 0) is 4.79 Å². The van der Waals surface area contributed by atoms with Crippen LogP contribution in [0.5, 0.6) is 0 Å². The van der Waals surface area contributed by atoms with Crippen LogP contribution in [0.25, 0.3) is 33.4 Å². The third kappa shape index (κ3) is 4.77. The van der Waals surface area contributed by atoms with Crippen LogP contribution in [0.15, 0.2) is 84.2 Å². The maximum absolute atomic E-state index is 14.4. The number of rotatable bonds is 7. The standard InChI is InChI=1S/C31H28N10O4/c1-18(35-30(44)26-27(32)37-39-12-6-11-33-29(26)39)28-36-23-10-5-9-22(25(23)31(45)41(28)20-7-3-2-4-8-20)19-13-34-40(14-19)21-15-38(16-21)24(43)17-42/h2-14,18,21,42H,15-17H2,1H3,(H2,32,37)(H,35,44)/t18-/m1/s1. The van der Waals surface area contributed by atoms with Crippen LogP contribution in [-0.4, -0.2) is 75.4 Å². The Morgan fingerprint density at radius 1 is 1.11 bits per heavy atom. The molecule has 14 heteroatoms. The first kappa shape index (κ1) is 27.9. The Hall–Kier alpha value is -5.89. The molecule has 6 aromatic rings. The molecule has 0 unspecified atom stereocenters. The molecule has 5 heterocycles. The number of aliphatic hydroxyl groups is 1. The lowest BCUT2D eigenvalue weighted by atomic mass is 10.0. The smallest absolute Gasteiger partial charge is 0.266 e. The minimum atomic E-state index is -0.720. The first-order valence-corrected chi connectivity index (χ1v) is 14.3. The predicted molar refractivity (Wildman–Crippen MR) is 165 cm³/mol. The van der Waals surface area contributed by atoms with E-state index in [-0.39, 0.29) is 28.9 Å². The van der Waals surface area contributed by atoms with Crippen molar-refractivity contribution in [2.45, 2.75) is 19.0 Å². The number of nitrogen functional groups attached to an aromatic ring is 1. The predicted octanol–water partition coefficient (Wildman–Crippen LogP) is 1.74. The molecule has 0 bridgehead atoms. The summed E-state index contributed by atoms with van der Waals surface area (Å²) in [7, 11) is 0. The Morgan fingerprint density at radius 2 is 1.91 bits per heavy atom. The molecule has 2 amide bonds. The summed E-state index contributed by atoms with van der Waals surface area (Å²) < 4.78 is 4.71. The van der Waals surface area contributed by atoms with Crippen molar-refractivity contribution >= 4 is 34.2 Å². The zero-order chi connectivity index (χ0) is 31.2. The van der Waals surface area contributed by atoms with Gasteiger partial charge in [-0.05, 0) is 36.8 Å². The Kier molecular flexibility index (Phi) is 6.82. The molecule has 2 aromatic carbocycles. The molecule has 1 fully saturated rings. The summed E-state index contributed by atoms with van der Waals surface area (Å²) in [6.45, 7) is 2.12. The number of aromatic nitrogens is 7. The highest BCUT2D eigenvalue weighted by Gasteiger charge is 2.32. The van der Waals surface area contributed by atoms with E-state index in [4.69, 9.17) is 15.8 Å². The third-order valence-corrected chi connectivity index (χ3v) is 7.96. The van der Waals surface area contributed by atoms with Gasteiger partial charge < -0.3 is 21.1 Å². The van der Waals surface area contributed by atoms with Crippen LogP contribution >= 0.6 is 0 Å². The average molecular weight is 605 g/mol. The highest BCUT2D eigenvalue weighted by molar-refractivity contribution is 6.04. The van der Waals surface area contributed by atoms with Crippen molar-refractivity contribution in [1.29, 1.82) is 0 Å². The van der Waals surface area contributed by atoms with Crippen molar-refractivity contribution < 1.29 is 14.7 Å². The van der Waals surface area contributed by atoms with Crippen molar-refractivity contribution in [2.75, 3.05) is 25.4 Å². The number of aliphatic hydroxyl groups excluding tert-OH is 1. The molecule has 0 spiro atoms. The fraction of sp³-hybridized carbons (Fsp3) is 0.194. The van der Waals surface area contributed by atoms with E-state index in [0.29, 0.717) is 46.7 Å². The van der Waals surface area contributed by atoms with Crippen molar-refractivity contribution in [3.05, 3.63) is 101 Å². The van der Waals surface area contributed by atoms with Gasteiger partial charge in [-0.3, -0.25) is 23.6 Å². The molecule has 0 saturated carbocycles. The van der Waals surface area contributed by atoms with E-state index in [9.17, 15) is 14.4 Å². The molecule has 1 saturated heterocycles. The zero-order valence-electron chi connectivity index (χ0n) is 24.1. The van der Waals surface area contributed by atoms with E-state index in [1.165, 1.54) is 9.08 Å². The Bertz CT molecular complexity index is 2150. The van der Waals surface area contributed by atoms with Gasteiger partial charge in [0.15, 0.2) is 11.5 Å². The van der Waals surface area contributed by atoms with Crippen LogP contribution in [0.4, 0.5) is 5.82 Å². The Labute approximate surface area is 255 Å². The molecule has 226 valence electrons. The lowest BCUT2D eigenvalue weighted by Gasteiger charge is -2.38. The molecular weight excluding hydrogens is 576 g/mol. The summed E-state index contributed by atoms with van der Waals surface area (Å²) in [4.78, 5) is 50.4. The topological polar surface area (TPSA) is 179 Å². The number of nitrogens with two attached hydrogens (primary N) is 1. The van der Waals surface area contributed by atoms with E-state index < -0.39 is 18.6 Å². The average Bonchev–Trinajstić information content (AvgIpc) is 3.64. The van der Waals surface area contributed by atoms with Gasteiger partial charge in [0.05, 0.1) is 34.9 Å². The molecule has 1 atom stereocenters. The van der Waals surface area contributed by atoms with Gasteiger partial charge in [0.2, 0.25) is 5.91 Å². The Morgan fingerprint density at radius 3 is 2.69 bits per heavy atom. The molecule has 14 nitrogen and oxygen atoms in total. The Balaban J connectivity index is 1.29. The second kappa shape index (κ2) is 11.0. The number of carbonyl (C=O) groups excluding carboxylic acids is 2. The summed E-state index contributed by atoms with van der Waals surface area (Å²) in [6, 6.07) is 15.5. The maximum atomic E-state index is 14.4. The largest absolute Gasteiger partial charge is 0.387 e. The number of amides is 2. The van der Waals surface area contributed by atoms with Gasteiger partial charge in [-0.2, -0.15) is 5.10 Å². The van der Waals surface area contributed by atoms with Gasteiger partial charge >= 0.3 is 0 Å². The van der Waals surface area contributed by atoms with Gasteiger partial charge in [0.25, 0.3) is 11.5 Å². The summed E-state index contributed by atoms with van der Waals surface area (Å²) in [5.41, 5.74) is 8.61.